The summed E-state index contributed by atoms with van der Waals surface area (Å²) in [5, 5.41) is 3.19. The number of hydrogen-bond acceptors (Lipinski definition) is 4. The fraction of sp³-hybridized carbons (Fsp3) is 0.909. The van der Waals surface area contributed by atoms with Crippen molar-refractivity contribution >= 4 is 11.8 Å². The van der Waals surface area contributed by atoms with Crippen molar-refractivity contribution in [3.63, 3.8) is 0 Å². The van der Waals surface area contributed by atoms with Crippen LogP contribution in [0.1, 0.15) is 105 Å². The number of esters is 1. The van der Waals surface area contributed by atoms with E-state index in [1.807, 2.05) is 0 Å². The van der Waals surface area contributed by atoms with Gasteiger partial charge in [0.1, 0.15) is 5.78 Å². The van der Waals surface area contributed by atoms with Crippen molar-refractivity contribution in [1.82, 2.24) is 5.32 Å². The van der Waals surface area contributed by atoms with E-state index in [4.69, 9.17) is 4.74 Å². The molecule has 4 nitrogen and oxygen atoms in total. The third-order valence-corrected chi connectivity index (χ3v) is 5.11. The number of ketones is 1. The van der Waals surface area contributed by atoms with Gasteiger partial charge in [-0.25, -0.2) is 0 Å². The normalized spacial score (nSPS) is 13.4. The van der Waals surface area contributed by atoms with E-state index in [1.54, 1.807) is 6.92 Å². The Hall–Kier alpha value is -0.900. The average Bonchev–Trinajstić information content (AvgIpc) is 2.62. The van der Waals surface area contributed by atoms with Gasteiger partial charge in [-0.05, 0) is 19.3 Å². The number of hydrogen-bond donors (Lipinski definition) is 1. The van der Waals surface area contributed by atoms with Crippen LogP contribution in [-0.4, -0.2) is 30.9 Å². The van der Waals surface area contributed by atoms with Crippen molar-refractivity contribution in [3.8, 4) is 0 Å². The third kappa shape index (κ3) is 14.3. The van der Waals surface area contributed by atoms with Crippen LogP contribution in [0.5, 0.6) is 0 Å². The molecule has 0 aromatic heterocycles. The van der Waals surface area contributed by atoms with Crippen LogP contribution < -0.4 is 5.32 Å². The zero-order chi connectivity index (χ0) is 19.6. The predicted octanol–water partition coefficient (Wildman–Crippen LogP) is 5.43. The lowest BCUT2D eigenvalue weighted by Crippen LogP contribution is -2.41. The summed E-state index contributed by atoms with van der Waals surface area (Å²) in [6, 6.07) is -0.158. The smallest absolute Gasteiger partial charge is 0.307 e. The number of nitrogens with one attached hydrogen (secondary N) is 1. The molecule has 0 rings (SSSR count). The van der Waals surface area contributed by atoms with E-state index in [0.717, 1.165) is 19.3 Å². The highest BCUT2D eigenvalue weighted by Gasteiger charge is 2.19. The Morgan fingerprint density at radius 2 is 1.42 bits per heavy atom. The molecule has 0 radical (unpaired) electrons. The molecule has 0 saturated carbocycles. The minimum absolute atomic E-state index is 0.137. The summed E-state index contributed by atoms with van der Waals surface area (Å²) in [7, 11) is 0. The molecule has 4 heteroatoms. The standard InChI is InChI=1S/C22H43NO3/c1-5-7-8-9-10-11-12-13-14-15-18-26-21(25)16-17-23-22(20(4)24)19(3)6-2/h19,22-23H,5-18H2,1-4H3. The lowest BCUT2D eigenvalue weighted by atomic mass is 9.96. The number of rotatable bonds is 18. The van der Waals surface area contributed by atoms with E-state index in [0.29, 0.717) is 19.6 Å². The molecule has 154 valence electrons. The fourth-order valence-corrected chi connectivity index (χ4v) is 3.16. The van der Waals surface area contributed by atoms with Gasteiger partial charge in [0.25, 0.3) is 0 Å². The van der Waals surface area contributed by atoms with Crippen LogP contribution in [-0.2, 0) is 14.3 Å². The first-order chi connectivity index (χ1) is 12.5. The zero-order valence-corrected chi connectivity index (χ0v) is 17.8. The van der Waals surface area contributed by atoms with E-state index in [9.17, 15) is 9.59 Å². The maximum absolute atomic E-state index is 11.7. The molecular formula is C22H43NO3. The highest BCUT2D eigenvalue weighted by molar-refractivity contribution is 5.81. The van der Waals surface area contributed by atoms with Crippen LogP contribution in [0.15, 0.2) is 0 Å². The summed E-state index contributed by atoms with van der Waals surface area (Å²) >= 11 is 0. The Kier molecular flexibility index (Phi) is 16.9. The second-order valence-electron chi connectivity index (χ2n) is 7.58. The highest BCUT2D eigenvalue weighted by atomic mass is 16.5. The summed E-state index contributed by atoms with van der Waals surface area (Å²) in [6.07, 6.45) is 14.0. The van der Waals surface area contributed by atoms with E-state index in [-0.39, 0.29) is 23.7 Å². The summed E-state index contributed by atoms with van der Waals surface area (Å²) in [6.45, 7) is 9.01. The molecule has 0 aliphatic rings. The summed E-state index contributed by atoms with van der Waals surface area (Å²) in [4.78, 5) is 23.4. The van der Waals surface area contributed by atoms with Crippen LogP contribution in [0.3, 0.4) is 0 Å². The van der Waals surface area contributed by atoms with Crippen molar-refractivity contribution in [2.45, 2.75) is 111 Å². The maximum Gasteiger partial charge on any atom is 0.307 e. The molecule has 0 saturated heterocycles. The van der Waals surface area contributed by atoms with Gasteiger partial charge < -0.3 is 10.1 Å². The lowest BCUT2D eigenvalue weighted by molar-refractivity contribution is -0.143. The maximum atomic E-state index is 11.7. The van der Waals surface area contributed by atoms with Crippen molar-refractivity contribution < 1.29 is 14.3 Å². The first kappa shape index (κ1) is 25.1. The van der Waals surface area contributed by atoms with Crippen LogP contribution in [0.2, 0.25) is 0 Å². The Morgan fingerprint density at radius 1 is 0.885 bits per heavy atom. The fourth-order valence-electron chi connectivity index (χ4n) is 3.16. The van der Waals surface area contributed by atoms with Gasteiger partial charge in [0, 0.05) is 6.54 Å². The minimum atomic E-state index is -0.167. The summed E-state index contributed by atoms with van der Waals surface area (Å²) in [5.74, 6) is 0.258. The average molecular weight is 370 g/mol. The molecule has 0 bridgehead atoms. The van der Waals surface area contributed by atoms with E-state index in [2.05, 4.69) is 26.1 Å². The van der Waals surface area contributed by atoms with Crippen molar-refractivity contribution in [1.29, 1.82) is 0 Å². The Morgan fingerprint density at radius 3 is 1.92 bits per heavy atom. The van der Waals surface area contributed by atoms with E-state index >= 15 is 0 Å². The van der Waals surface area contributed by atoms with Gasteiger partial charge in [0.15, 0.2) is 0 Å². The highest BCUT2D eigenvalue weighted by Crippen LogP contribution is 2.11. The largest absolute Gasteiger partial charge is 0.466 e. The van der Waals surface area contributed by atoms with Crippen LogP contribution in [0.25, 0.3) is 0 Å². The van der Waals surface area contributed by atoms with E-state index < -0.39 is 0 Å². The molecule has 0 heterocycles. The minimum Gasteiger partial charge on any atom is -0.466 e. The Balaban J connectivity index is 3.50. The number of ether oxygens (including phenoxy) is 1. The second kappa shape index (κ2) is 17.5. The summed E-state index contributed by atoms with van der Waals surface area (Å²) < 4.78 is 5.28. The Labute approximate surface area is 161 Å². The molecule has 0 amide bonds. The van der Waals surface area contributed by atoms with Crippen LogP contribution >= 0.6 is 0 Å². The topological polar surface area (TPSA) is 55.4 Å². The number of carbonyl (C=O) groups is 2. The Bertz CT molecular complexity index is 357. The number of unbranched alkanes of at least 4 members (excludes halogenated alkanes) is 9. The zero-order valence-electron chi connectivity index (χ0n) is 17.8. The molecular weight excluding hydrogens is 326 g/mol. The molecule has 0 aromatic rings. The summed E-state index contributed by atoms with van der Waals surface area (Å²) in [5.41, 5.74) is 0. The molecule has 0 fully saturated rings. The first-order valence-electron chi connectivity index (χ1n) is 10.9. The van der Waals surface area contributed by atoms with Crippen LogP contribution in [0, 0.1) is 5.92 Å². The van der Waals surface area contributed by atoms with Gasteiger partial charge >= 0.3 is 5.97 Å². The lowest BCUT2D eigenvalue weighted by Gasteiger charge is -2.21. The molecule has 1 N–H and O–H groups in total. The molecule has 2 unspecified atom stereocenters. The third-order valence-electron chi connectivity index (χ3n) is 5.11. The van der Waals surface area contributed by atoms with Crippen molar-refractivity contribution in [2.75, 3.05) is 13.2 Å². The molecule has 26 heavy (non-hydrogen) atoms. The monoisotopic (exact) mass is 369 g/mol. The molecule has 0 aliphatic heterocycles. The van der Waals surface area contributed by atoms with Gasteiger partial charge in [-0.2, -0.15) is 0 Å². The number of carbonyl (C=O) groups excluding carboxylic acids is 2. The van der Waals surface area contributed by atoms with Gasteiger partial charge in [-0.15, -0.1) is 0 Å². The number of Topliss-reactive ketones (excluding diaryl/α,β-unsaturated/α-hetero) is 1. The SMILES string of the molecule is CCCCCCCCCCCCOC(=O)CCNC(C(C)=O)C(C)CC. The first-order valence-corrected chi connectivity index (χ1v) is 10.9. The van der Waals surface area contributed by atoms with E-state index in [1.165, 1.54) is 51.4 Å². The van der Waals surface area contributed by atoms with Crippen molar-refractivity contribution in [2.24, 2.45) is 5.92 Å². The van der Waals surface area contributed by atoms with Crippen molar-refractivity contribution in [3.05, 3.63) is 0 Å². The van der Waals surface area contributed by atoms with Gasteiger partial charge in [0.2, 0.25) is 0 Å². The van der Waals surface area contributed by atoms with Crippen LogP contribution in [0.4, 0.5) is 0 Å². The molecule has 2 atom stereocenters. The molecule has 0 aliphatic carbocycles. The predicted molar refractivity (Wildman–Crippen MR) is 109 cm³/mol. The molecule has 0 aromatic carbocycles. The van der Waals surface area contributed by atoms with Gasteiger partial charge in [0.05, 0.1) is 19.1 Å². The van der Waals surface area contributed by atoms with Gasteiger partial charge in [-0.3, -0.25) is 9.59 Å². The quantitative estimate of drug-likeness (QED) is 0.258. The van der Waals surface area contributed by atoms with Gasteiger partial charge in [-0.1, -0.05) is 85.0 Å². The molecule has 0 spiro atoms. The second-order valence-corrected chi connectivity index (χ2v) is 7.58.